The van der Waals surface area contributed by atoms with Gasteiger partial charge in [0.15, 0.2) is 0 Å². The van der Waals surface area contributed by atoms with Gasteiger partial charge in [-0.25, -0.2) is 0 Å². The highest BCUT2D eigenvalue weighted by Crippen LogP contribution is 2.23. The second-order valence-corrected chi connectivity index (χ2v) is 3.74. The van der Waals surface area contributed by atoms with E-state index in [-0.39, 0.29) is 0 Å². The van der Waals surface area contributed by atoms with E-state index in [9.17, 15) is 0 Å². The molecule has 0 aliphatic carbocycles. The van der Waals surface area contributed by atoms with Gasteiger partial charge in [-0.2, -0.15) is 0 Å². The summed E-state index contributed by atoms with van der Waals surface area (Å²) in [5, 5.41) is 1.10. The third-order valence-electron chi connectivity index (χ3n) is 1.82. The van der Waals surface area contributed by atoms with Gasteiger partial charge in [0.25, 0.3) is 0 Å². The van der Waals surface area contributed by atoms with E-state index in [4.69, 9.17) is 9.15 Å². The summed E-state index contributed by atoms with van der Waals surface area (Å²) < 4.78 is 11.6. The topological polar surface area (TPSA) is 22.4 Å². The summed E-state index contributed by atoms with van der Waals surface area (Å²) in [6.07, 6.45) is 0. The molecular formula is C10H9BrO2. The molecule has 0 spiro atoms. The van der Waals surface area contributed by atoms with Crippen LogP contribution >= 0.6 is 15.9 Å². The lowest BCUT2D eigenvalue weighted by atomic mass is 10.2. The first-order valence-corrected chi connectivity index (χ1v) is 4.76. The second-order valence-electron chi connectivity index (χ2n) is 2.83. The number of rotatable bonds is 2. The average molecular weight is 241 g/mol. The average Bonchev–Trinajstić information content (AvgIpc) is 2.46. The van der Waals surface area contributed by atoms with Gasteiger partial charge in [-0.1, -0.05) is 15.9 Å². The fraction of sp³-hybridized carbons (Fsp3) is 0.200. The van der Waals surface area contributed by atoms with E-state index >= 15 is 0 Å². The van der Waals surface area contributed by atoms with Crippen LogP contribution in [-0.4, -0.2) is 7.11 Å². The van der Waals surface area contributed by atoms with Gasteiger partial charge < -0.3 is 9.15 Å². The summed E-state index contributed by atoms with van der Waals surface area (Å²) in [7, 11) is 1.66. The smallest absolute Gasteiger partial charge is 0.134 e. The summed E-state index contributed by atoms with van der Waals surface area (Å²) in [6.45, 7) is 0.520. The predicted octanol–water partition coefficient (Wildman–Crippen LogP) is 3.34. The largest absolute Gasteiger partial charge is 0.459 e. The van der Waals surface area contributed by atoms with E-state index in [0.29, 0.717) is 6.61 Å². The van der Waals surface area contributed by atoms with Crippen LogP contribution in [0.1, 0.15) is 5.76 Å². The van der Waals surface area contributed by atoms with Gasteiger partial charge in [0, 0.05) is 17.0 Å². The molecule has 0 N–H and O–H groups in total. The molecule has 68 valence electrons. The number of benzene rings is 1. The molecule has 0 saturated heterocycles. The molecule has 0 saturated carbocycles. The molecule has 1 heterocycles. The van der Waals surface area contributed by atoms with Crippen LogP contribution in [0.4, 0.5) is 0 Å². The van der Waals surface area contributed by atoms with Crippen molar-refractivity contribution >= 4 is 26.9 Å². The number of furan rings is 1. The molecule has 0 atom stereocenters. The Kier molecular flexibility index (Phi) is 2.38. The Morgan fingerprint density at radius 1 is 1.38 bits per heavy atom. The van der Waals surface area contributed by atoms with E-state index in [1.54, 1.807) is 7.11 Å². The van der Waals surface area contributed by atoms with Crippen LogP contribution in [0.5, 0.6) is 0 Å². The molecule has 0 amide bonds. The van der Waals surface area contributed by atoms with Gasteiger partial charge in [-0.05, 0) is 24.3 Å². The normalized spacial score (nSPS) is 10.9. The minimum atomic E-state index is 0.520. The minimum Gasteiger partial charge on any atom is -0.459 e. The Morgan fingerprint density at radius 3 is 3.00 bits per heavy atom. The maximum Gasteiger partial charge on any atom is 0.134 e. The van der Waals surface area contributed by atoms with Gasteiger partial charge in [-0.15, -0.1) is 0 Å². The van der Waals surface area contributed by atoms with Crippen molar-refractivity contribution in [2.75, 3.05) is 7.11 Å². The summed E-state index contributed by atoms with van der Waals surface area (Å²) >= 11 is 3.41. The maximum absolute atomic E-state index is 5.52. The number of ether oxygens (including phenoxy) is 1. The van der Waals surface area contributed by atoms with Gasteiger partial charge in [0.05, 0.1) is 0 Å². The van der Waals surface area contributed by atoms with Crippen LogP contribution in [0.15, 0.2) is 33.2 Å². The Morgan fingerprint density at radius 2 is 2.23 bits per heavy atom. The molecule has 0 bridgehead atoms. The summed E-state index contributed by atoms with van der Waals surface area (Å²) in [5.74, 6) is 0.857. The monoisotopic (exact) mass is 240 g/mol. The Hall–Kier alpha value is -0.800. The zero-order valence-electron chi connectivity index (χ0n) is 7.21. The Labute approximate surface area is 84.6 Å². The lowest BCUT2D eigenvalue weighted by Gasteiger charge is -1.90. The van der Waals surface area contributed by atoms with Gasteiger partial charge in [-0.3, -0.25) is 0 Å². The van der Waals surface area contributed by atoms with E-state index in [1.165, 1.54) is 0 Å². The van der Waals surface area contributed by atoms with Crippen molar-refractivity contribution in [3.05, 3.63) is 34.5 Å². The van der Waals surface area contributed by atoms with Crippen molar-refractivity contribution in [2.45, 2.75) is 6.61 Å². The molecule has 0 unspecified atom stereocenters. The molecule has 3 heteroatoms. The first-order chi connectivity index (χ1) is 6.29. The second kappa shape index (κ2) is 3.52. The van der Waals surface area contributed by atoms with Crippen LogP contribution in [-0.2, 0) is 11.3 Å². The van der Waals surface area contributed by atoms with Crippen molar-refractivity contribution in [3.63, 3.8) is 0 Å². The number of fused-ring (bicyclic) bond motifs is 1. The number of hydrogen-bond acceptors (Lipinski definition) is 2. The zero-order chi connectivity index (χ0) is 9.26. The molecule has 2 nitrogen and oxygen atoms in total. The standard InChI is InChI=1S/C10H9BrO2/c1-12-6-9-5-7-4-8(11)2-3-10(7)13-9/h2-5H,6H2,1H3. The van der Waals surface area contributed by atoms with Crippen LogP contribution in [0.2, 0.25) is 0 Å². The van der Waals surface area contributed by atoms with Crippen molar-refractivity contribution < 1.29 is 9.15 Å². The molecule has 2 rings (SSSR count). The van der Waals surface area contributed by atoms with Gasteiger partial charge in [0.2, 0.25) is 0 Å². The first-order valence-electron chi connectivity index (χ1n) is 3.96. The van der Waals surface area contributed by atoms with Crippen molar-refractivity contribution in [1.82, 2.24) is 0 Å². The van der Waals surface area contributed by atoms with Crippen LogP contribution in [0, 0.1) is 0 Å². The number of methoxy groups -OCH3 is 1. The molecule has 0 radical (unpaired) electrons. The quantitative estimate of drug-likeness (QED) is 0.804. The van der Waals surface area contributed by atoms with Crippen molar-refractivity contribution in [1.29, 1.82) is 0 Å². The molecule has 1 aromatic heterocycles. The van der Waals surface area contributed by atoms with Gasteiger partial charge >= 0.3 is 0 Å². The summed E-state index contributed by atoms with van der Waals surface area (Å²) in [6, 6.07) is 7.92. The van der Waals surface area contributed by atoms with E-state index in [1.807, 2.05) is 24.3 Å². The lowest BCUT2D eigenvalue weighted by Crippen LogP contribution is -1.81. The Balaban J connectivity index is 2.49. The van der Waals surface area contributed by atoms with Crippen LogP contribution in [0.3, 0.4) is 0 Å². The fourth-order valence-corrected chi connectivity index (χ4v) is 1.66. The Bertz CT molecular complexity index is 420. The van der Waals surface area contributed by atoms with Crippen molar-refractivity contribution in [3.8, 4) is 0 Å². The third-order valence-corrected chi connectivity index (χ3v) is 2.31. The van der Waals surface area contributed by atoms with E-state index in [0.717, 1.165) is 21.2 Å². The lowest BCUT2D eigenvalue weighted by molar-refractivity contribution is 0.166. The molecule has 2 aromatic rings. The third kappa shape index (κ3) is 1.76. The minimum absolute atomic E-state index is 0.520. The molecule has 13 heavy (non-hydrogen) atoms. The molecule has 0 fully saturated rings. The maximum atomic E-state index is 5.52. The van der Waals surface area contributed by atoms with Crippen molar-refractivity contribution in [2.24, 2.45) is 0 Å². The van der Waals surface area contributed by atoms with E-state index in [2.05, 4.69) is 15.9 Å². The molecule has 1 aromatic carbocycles. The molecular weight excluding hydrogens is 232 g/mol. The van der Waals surface area contributed by atoms with Gasteiger partial charge in [0.1, 0.15) is 18.0 Å². The first kappa shape index (κ1) is 8.78. The molecule has 0 aliphatic heterocycles. The van der Waals surface area contributed by atoms with Crippen LogP contribution < -0.4 is 0 Å². The zero-order valence-corrected chi connectivity index (χ0v) is 8.80. The summed E-state index contributed by atoms with van der Waals surface area (Å²) in [5.41, 5.74) is 0.898. The van der Waals surface area contributed by atoms with E-state index < -0.39 is 0 Å². The SMILES string of the molecule is COCc1cc2cc(Br)ccc2o1. The highest BCUT2D eigenvalue weighted by molar-refractivity contribution is 9.10. The highest BCUT2D eigenvalue weighted by Gasteiger charge is 2.02. The van der Waals surface area contributed by atoms with Crippen LogP contribution in [0.25, 0.3) is 11.0 Å². The highest BCUT2D eigenvalue weighted by atomic mass is 79.9. The fourth-order valence-electron chi connectivity index (χ4n) is 1.28. The summed E-state index contributed by atoms with van der Waals surface area (Å²) in [4.78, 5) is 0. The number of hydrogen-bond donors (Lipinski definition) is 0. The molecule has 0 aliphatic rings. The number of halogens is 1. The predicted molar refractivity (Wildman–Crippen MR) is 54.6 cm³/mol.